The van der Waals surface area contributed by atoms with Crippen molar-refractivity contribution in [1.82, 2.24) is 4.98 Å². The van der Waals surface area contributed by atoms with Crippen molar-refractivity contribution in [3.8, 4) is 0 Å². The second-order valence-corrected chi connectivity index (χ2v) is 3.09. The number of aryl methyl sites for hydroxylation is 1. The molecule has 4 heteroatoms. The van der Waals surface area contributed by atoms with Gasteiger partial charge in [0.1, 0.15) is 0 Å². The summed E-state index contributed by atoms with van der Waals surface area (Å²) in [6.07, 6.45) is 0. The highest BCUT2D eigenvalue weighted by Crippen LogP contribution is 2.19. The standard InChI is InChI=1S/C10H8N2O2/c1-7-2-3-8-4-5-9(12(13)14)6-10(8)11-7/h2-6H,1H3. The van der Waals surface area contributed by atoms with E-state index in [1.54, 1.807) is 6.07 Å². The van der Waals surface area contributed by atoms with E-state index in [9.17, 15) is 10.1 Å². The van der Waals surface area contributed by atoms with Crippen LogP contribution >= 0.6 is 0 Å². The van der Waals surface area contributed by atoms with Crippen LogP contribution in [0.3, 0.4) is 0 Å². The van der Waals surface area contributed by atoms with Crippen LogP contribution in [0, 0.1) is 17.0 Å². The zero-order valence-electron chi connectivity index (χ0n) is 7.60. The first-order valence-corrected chi connectivity index (χ1v) is 4.18. The second kappa shape index (κ2) is 3.06. The maximum Gasteiger partial charge on any atom is 0.271 e. The fourth-order valence-electron chi connectivity index (χ4n) is 1.32. The predicted molar refractivity (Wildman–Crippen MR) is 53.1 cm³/mol. The molecule has 1 heterocycles. The van der Waals surface area contributed by atoms with E-state index in [1.165, 1.54) is 12.1 Å². The summed E-state index contributed by atoms with van der Waals surface area (Å²) in [7, 11) is 0. The van der Waals surface area contributed by atoms with Crippen LogP contribution in [0.1, 0.15) is 5.69 Å². The van der Waals surface area contributed by atoms with E-state index in [0.29, 0.717) is 5.52 Å². The summed E-state index contributed by atoms with van der Waals surface area (Å²) in [6.45, 7) is 1.86. The number of benzene rings is 1. The van der Waals surface area contributed by atoms with Gasteiger partial charge >= 0.3 is 0 Å². The van der Waals surface area contributed by atoms with Gasteiger partial charge in [0.2, 0.25) is 0 Å². The van der Waals surface area contributed by atoms with Gasteiger partial charge in [0, 0.05) is 23.2 Å². The summed E-state index contributed by atoms with van der Waals surface area (Å²) in [4.78, 5) is 14.3. The van der Waals surface area contributed by atoms with E-state index >= 15 is 0 Å². The molecule has 0 aliphatic heterocycles. The number of nitro groups is 1. The molecule has 14 heavy (non-hydrogen) atoms. The lowest BCUT2D eigenvalue weighted by Gasteiger charge is -1.98. The number of rotatable bonds is 1. The smallest absolute Gasteiger partial charge is 0.258 e. The normalized spacial score (nSPS) is 10.4. The van der Waals surface area contributed by atoms with Crippen molar-refractivity contribution in [3.63, 3.8) is 0 Å². The molecule has 1 aromatic carbocycles. The molecule has 0 atom stereocenters. The third kappa shape index (κ3) is 1.42. The Kier molecular flexibility index (Phi) is 1.89. The van der Waals surface area contributed by atoms with Crippen molar-refractivity contribution in [3.05, 3.63) is 46.1 Å². The number of hydrogen-bond donors (Lipinski definition) is 0. The zero-order valence-corrected chi connectivity index (χ0v) is 7.60. The molecule has 0 radical (unpaired) electrons. The van der Waals surface area contributed by atoms with Gasteiger partial charge in [0.25, 0.3) is 5.69 Å². The first-order valence-electron chi connectivity index (χ1n) is 4.18. The molecule has 0 bridgehead atoms. The van der Waals surface area contributed by atoms with E-state index in [1.807, 2.05) is 19.1 Å². The average Bonchev–Trinajstić information content (AvgIpc) is 2.16. The summed E-state index contributed by atoms with van der Waals surface area (Å²) in [5, 5.41) is 11.4. The fraction of sp³-hybridized carbons (Fsp3) is 0.100. The van der Waals surface area contributed by atoms with E-state index in [0.717, 1.165) is 11.1 Å². The molecule has 0 fully saturated rings. The van der Waals surface area contributed by atoms with Gasteiger partial charge in [-0.1, -0.05) is 6.07 Å². The molecule has 70 valence electrons. The molecule has 4 nitrogen and oxygen atoms in total. The number of fused-ring (bicyclic) bond motifs is 1. The first kappa shape index (κ1) is 8.62. The Morgan fingerprint density at radius 3 is 2.71 bits per heavy atom. The van der Waals surface area contributed by atoms with Gasteiger partial charge in [-0.2, -0.15) is 0 Å². The number of hydrogen-bond acceptors (Lipinski definition) is 3. The van der Waals surface area contributed by atoms with Crippen LogP contribution in [0.15, 0.2) is 30.3 Å². The molecule has 0 aliphatic carbocycles. The summed E-state index contributed by atoms with van der Waals surface area (Å²) in [5.74, 6) is 0. The lowest BCUT2D eigenvalue weighted by atomic mass is 10.2. The van der Waals surface area contributed by atoms with Crippen LogP contribution < -0.4 is 0 Å². The van der Waals surface area contributed by atoms with Crippen molar-refractivity contribution >= 4 is 16.6 Å². The zero-order chi connectivity index (χ0) is 10.1. The molecule has 2 aromatic rings. The Bertz CT molecular complexity index is 508. The molecule has 2 rings (SSSR count). The summed E-state index contributed by atoms with van der Waals surface area (Å²) in [6, 6.07) is 8.47. The fourth-order valence-corrected chi connectivity index (χ4v) is 1.32. The van der Waals surface area contributed by atoms with Crippen LogP contribution in [0.25, 0.3) is 10.9 Å². The topological polar surface area (TPSA) is 56.0 Å². The third-order valence-corrected chi connectivity index (χ3v) is 2.03. The molecule has 0 spiro atoms. The average molecular weight is 188 g/mol. The van der Waals surface area contributed by atoms with E-state index < -0.39 is 4.92 Å². The van der Waals surface area contributed by atoms with Crippen molar-refractivity contribution in [2.24, 2.45) is 0 Å². The highest BCUT2D eigenvalue weighted by Gasteiger charge is 2.06. The summed E-state index contributed by atoms with van der Waals surface area (Å²) < 4.78 is 0. The Morgan fingerprint density at radius 2 is 2.00 bits per heavy atom. The number of non-ortho nitro benzene ring substituents is 1. The Morgan fingerprint density at radius 1 is 1.29 bits per heavy atom. The monoisotopic (exact) mass is 188 g/mol. The lowest BCUT2D eigenvalue weighted by molar-refractivity contribution is -0.384. The molecule has 0 N–H and O–H groups in total. The Balaban J connectivity index is 2.69. The van der Waals surface area contributed by atoms with Gasteiger partial charge in [-0.3, -0.25) is 15.1 Å². The number of nitro benzene ring substituents is 1. The minimum atomic E-state index is -0.413. The molecule has 0 saturated carbocycles. The van der Waals surface area contributed by atoms with Gasteiger partial charge in [-0.25, -0.2) is 0 Å². The first-order chi connectivity index (χ1) is 6.66. The van der Waals surface area contributed by atoms with Gasteiger partial charge in [0.05, 0.1) is 10.4 Å². The van der Waals surface area contributed by atoms with Crippen LogP contribution in [0.2, 0.25) is 0 Å². The third-order valence-electron chi connectivity index (χ3n) is 2.03. The second-order valence-electron chi connectivity index (χ2n) is 3.09. The summed E-state index contributed by atoms with van der Waals surface area (Å²) in [5.41, 5.74) is 1.60. The maximum absolute atomic E-state index is 10.5. The van der Waals surface area contributed by atoms with Crippen molar-refractivity contribution in [2.75, 3.05) is 0 Å². The Hall–Kier alpha value is -1.97. The molecular weight excluding hydrogens is 180 g/mol. The number of pyridine rings is 1. The van der Waals surface area contributed by atoms with Crippen molar-refractivity contribution in [2.45, 2.75) is 6.92 Å². The van der Waals surface area contributed by atoms with E-state index in [-0.39, 0.29) is 5.69 Å². The minimum absolute atomic E-state index is 0.0793. The van der Waals surface area contributed by atoms with Crippen LogP contribution in [0.4, 0.5) is 5.69 Å². The quantitative estimate of drug-likeness (QED) is 0.510. The van der Waals surface area contributed by atoms with Gasteiger partial charge in [-0.05, 0) is 19.1 Å². The van der Waals surface area contributed by atoms with Crippen LogP contribution in [-0.4, -0.2) is 9.91 Å². The highest BCUT2D eigenvalue weighted by atomic mass is 16.6. The van der Waals surface area contributed by atoms with Gasteiger partial charge in [-0.15, -0.1) is 0 Å². The number of nitrogens with zero attached hydrogens (tertiary/aromatic N) is 2. The molecule has 0 amide bonds. The predicted octanol–water partition coefficient (Wildman–Crippen LogP) is 2.45. The minimum Gasteiger partial charge on any atom is -0.258 e. The lowest BCUT2D eigenvalue weighted by Crippen LogP contribution is -1.89. The molecular formula is C10H8N2O2. The van der Waals surface area contributed by atoms with Crippen molar-refractivity contribution < 1.29 is 4.92 Å². The van der Waals surface area contributed by atoms with E-state index in [4.69, 9.17) is 0 Å². The van der Waals surface area contributed by atoms with Gasteiger partial charge in [0.15, 0.2) is 0 Å². The molecule has 0 aliphatic rings. The SMILES string of the molecule is Cc1ccc2ccc([N+](=O)[O-])cc2n1. The van der Waals surface area contributed by atoms with E-state index in [2.05, 4.69) is 4.98 Å². The van der Waals surface area contributed by atoms with Crippen molar-refractivity contribution in [1.29, 1.82) is 0 Å². The number of aromatic nitrogens is 1. The van der Waals surface area contributed by atoms with Gasteiger partial charge < -0.3 is 0 Å². The maximum atomic E-state index is 10.5. The Labute approximate surface area is 80.4 Å². The largest absolute Gasteiger partial charge is 0.271 e. The van der Waals surface area contributed by atoms with Crippen LogP contribution in [-0.2, 0) is 0 Å². The molecule has 1 aromatic heterocycles. The highest BCUT2D eigenvalue weighted by molar-refractivity contribution is 5.80. The molecule has 0 unspecified atom stereocenters. The molecule has 0 saturated heterocycles. The van der Waals surface area contributed by atoms with Crippen LogP contribution in [0.5, 0.6) is 0 Å². The summed E-state index contributed by atoms with van der Waals surface area (Å²) >= 11 is 0.